The standard InChI is InChI=1S/C19H22N2O4/c1-12(15-6-5-9-24-15)17(22)20-13-7-8-16-14(10-13)21(4)18(23)19(2,3)11-25-16/h5-10,12H,11H2,1-4H3,(H,20,22). The van der Waals surface area contributed by atoms with Gasteiger partial charge in [0, 0.05) is 12.7 Å². The fraction of sp³-hybridized carbons (Fsp3) is 0.368. The third-order valence-corrected chi connectivity index (χ3v) is 4.42. The zero-order chi connectivity index (χ0) is 18.2. The molecule has 0 spiro atoms. The lowest BCUT2D eigenvalue weighted by Gasteiger charge is -2.24. The predicted molar refractivity (Wildman–Crippen MR) is 94.9 cm³/mol. The van der Waals surface area contributed by atoms with Gasteiger partial charge in [-0.3, -0.25) is 9.59 Å². The normalized spacial score (nSPS) is 17.3. The van der Waals surface area contributed by atoms with E-state index in [2.05, 4.69) is 5.32 Å². The van der Waals surface area contributed by atoms with Gasteiger partial charge in [-0.15, -0.1) is 0 Å². The highest BCUT2D eigenvalue weighted by molar-refractivity contribution is 6.00. The van der Waals surface area contributed by atoms with E-state index in [9.17, 15) is 9.59 Å². The van der Waals surface area contributed by atoms with Crippen LogP contribution in [0.15, 0.2) is 41.0 Å². The minimum Gasteiger partial charge on any atom is -0.490 e. The number of hydrogen-bond acceptors (Lipinski definition) is 4. The maximum atomic E-state index is 12.6. The SMILES string of the molecule is CC(C(=O)Nc1ccc2c(c1)N(C)C(=O)C(C)(C)CO2)c1ccco1. The minimum atomic E-state index is -0.606. The molecule has 6 heteroatoms. The summed E-state index contributed by atoms with van der Waals surface area (Å²) in [6.07, 6.45) is 1.54. The van der Waals surface area contributed by atoms with Gasteiger partial charge in [-0.05, 0) is 51.1 Å². The Labute approximate surface area is 146 Å². The van der Waals surface area contributed by atoms with Gasteiger partial charge < -0.3 is 19.4 Å². The number of amides is 2. The Morgan fingerprint density at radius 1 is 1.32 bits per heavy atom. The monoisotopic (exact) mass is 342 g/mol. The van der Waals surface area contributed by atoms with Crippen LogP contribution in [0, 0.1) is 5.41 Å². The maximum absolute atomic E-state index is 12.6. The predicted octanol–water partition coefficient (Wildman–Crippen LogP) is 3.40. The summed E-state index contributed by atoms with van der Waals surface area (Å²) in [5, 5.41) is 2.86. The molecule has 1 atom stereocenters. The summed E-state index contributed by atoms with van der Waals surface area (Å²) in [4.78, 5) is 26.6. The first-order chi connectivity index (χ1) is 11.8. The van der Waals surface area contributed by atoms with Crippen LogP contribution < -0.4 is 15.0 Å². The summed E-state index contributed by atoms with van der Waals surface area (Å²) in [7, 11) is 1.72. The zero-order valence-electron chi connectivity index (χ0n) is 14.8. The van der Waals surface area contributed by atoms with E-state index in [1.54, 1.807) is 55.5 Å². The fourth-order valence-electron chi connectivity index (χ4n) is 2.78. The molecule has 6 nitrogen and oxygen atoms in total. The molecule has 0 bridgehead atoms. The van der Waals surface area contributed by atoms with Crippen molar-refractivity contribution in [3.05, 3.63) is 42.4 Å². The smallest absolute Gasteiger partial charge is 0.235 e. The molecule has 1 aromatic heterocycles. The first kappa shape index (κ1) is 17.1. The van der Waals surface area contributed by atoms with E-state index in [1.165, 1.54) is 0 Å². The average Bonchev–Trinajstić information content (AvgIpc) is 3.10. The molecule has 2 heterocycles. The van der Waals surface area contributed by atoms with Crippen LogP contribution in [0.2, 0.25) is 0 Å². The van der Waals surface area contributed by atoms with Crippen molar-refractivity contribution in [2.75, 3.05) is 23.9 Å². The van der Waals surface area contributed by atoms with Crippen molar-refractivity contribution < 1.29 is 18.7 Å². The lowest BCUT2D eigenvalue weighted by molar-refractivity contribution is -0.127. The molecule has 2 amide bonds. The molecule has 0 saturated carbocycles. The summed E-state index contributed by atoms with van der Waals surface area (Å²) < 4.78 is 11.1. The maximum Gasteiger partial charge on any atom is 0.235 e. The van der Waals surface area contributed by atoms with E-state index in [0.717, 1.165) is 0 Å². The number of nitrogens with zero attached hydrogens (tertiary/aromatic N) is 1. The molecular weight excluding hydrogens is 320 g/mol. The van der Waals surface area contributed by atoms with Crippen molar-refractivity contribution in [2.24, 2.45) is 5.41 Å². The van der Waals surface area contributed by atoms with E-state index >= 15 is 0 Å². The van der Waals surface area contributed by atoms with Gasteiger partial charge in [0.2, 0.25) is 11.8 Å². The molecule has 2 aromatic rings. The van der Waals surface area contributed by atoms with Crippen LogP contribution in [0.1, 0.15) is 32.4 Å². The molecular formula is C19H22N2O4. The summed E-state index contributed by atoms with van der Waals surface area (Å²) >= 11 is 0. The Bertz CT molecular complexity index is 796. The van der Waals surface area contributed by atoms with Crippen molar-refractivity contribution >= 4 is 23.2 Å². The lowest BCUT2D eigenvalue weighted by Crippen LogP contribution is -2.39. The molecule has 0 aliphatic carbocycles. The summed E-state index contributed by atoms with van der Waals surface area (Å²) in [5.74, 6) is 0.601. The lowest BCUT2D eigenvalue weighted by atomic mass is 9.93. The van der Waals surface area contributed by atoms with E-state index < -0.39 is 11.3 Å². The summed E-state index contributed by atoms with van der Waals surface area (Å²) in [6, 6.07) is 8.81. The Balaban J connectivity index is 1.83. The van der Waals surface area contributed by atoms with Gasteiger partial charge in [-0.1, -0.05) is 0 Å². The van der Waals surface area contributed by atoms with Gasteiger partial charge in [0.05, 0.1) is 23.3 Å². The number of rotatable bonds is 3. The Morgan fingerprint density at radius 2 is 2.08 bits per heavy atom. The Morgan fingerprint density at radius 3 is 2.76 bits per heavy atom. The first-order valence-corrected chi connectivity index (χ1v) is 8.19. The highest BCUT2D eigenvalue weighted by atomic mass is 16.5. The number of nitrogens with one attached hydrogen (secondary N) is 1. The molecule has 0 radical (unpaired) electrons. The molecule has 1 unspecified atom stereocenters. The van der Waals surface area contributed by atoms with E-state index in [1.807, 2.05) is 13.8 Å². The number of ether oxygens (including phenoxy) is 1. The van der Waals surface area contributed by atoms with E-state index in [4.69, 9.17) is 9.15 Å². The number of hydrogen-bond donors (Lipinski definition) is 1. The number of anilines is 2. The quantitative estimate of drug-likeness (QED) is 0.928. The van der Waals surface area contributed by atoms with Gasteiger partial charge in [0.1, 0.15) is 18.1 Å². The van der Waals surface area contributed by atoms with Gasteiger partial charge in [-0.25, -0.2) is 0 Å². The van der Waals surface area contributed by atoms with E-state index in [-0.39, 0.29) is 11.8 Å². The number of fused-ring (bicyclic) bond motifs is 1. The van der Waals surface area contributed by atoms with Crippen LogP contribution in [0.5, 0.6) is 5.75 Å². The summed E-state index contributed by atoms with van der Waals surface area (Å²) in [5.41, 5.74) is 0.634. The van der Waals surface area contributed by atoms with Crippen LogP contribution in [-0.2, 0) is 9.59 Å². The van der Waals surface area contributed by atoms with Gasteiger partial charge >= 0.3 is 0 Å². The zero-order valence-corrected chi connectivity index (χ0v) is 14.8. The fourth-order valence-corrected chi connectivity index (χ4v) is 2.78. The second-order valence-corrected chi connectivity index (χ2v) is 6.95. The molecule has 25 heavy (non-hydrogen) atoms. The molecule has 0 saturated heterocycles. The van der Waals surface area contributed by atoms with Crippen LogP contribution in [-0.4, -0.2) is 25.5 Å². The molecule has 1 aliphatic rings. The van der Waals surface area contributed by atoms with Crippen molar-refractivity contribution in [3.8, 4) is 5.75 Å². The summed E-state index contributed by atoms with van der Waals surface area (Å²) in [6.45, 7) is 5.79. The van der Waals surface area contributed by atoms with Gasteiger partial charge in [0.15, 0.2) is 0 Å². The molecule has 1 aromatic carbocycles. The van der Waals surface area contributed by atoms with Gasteiger partial charge in [0.25, 0.3) is 0 Å². The second-order valence-electron chi connectivity index (χ2n) is 6.95. The van der Waals surface area contributed by atoms with Crippen molar-refractivity contribution in [2.45, 2.75) is 26.7 Å². The van der Waals surface area contributed by atoms with Crippen molar-refractivity contribution in [1.82, 2.24) is 0 Å². The number of carbonyl (C=O) groups is 2. The second kappa shape index (κ2) is 6.27. The van der Waals surface area contributed by atoms with Crippen molar-refractivity contribution in [3.63, 3.8) is 0 Å². The van der Waals surface area contributed by atoms with Crippen LogP contribution in [0.3, 0.4) is 0 Å². The largest absolute Gasteiger partial charge is 0.490 e. The third kappa shape index (κ3) is 3.24. The molecule has 1 aliphatic heterocycles. The highest BCUT2D eigenvalue weighted by Crippen LogP contribution is 2.37. The minimum absolute atomic E-state index is 0.0290. The van der Waals surface area contributed by atoms with Gasteiger partial charge in [-0.2, -0.15) is 0 Å². The Hall–Kier alpha value is -2.76. The molecule has 3 rings (SSSR count). The molecule has 132 valence electrons. The first-order valence-electron chi connectivity index (χ1n) is 8.19. The number of carbonyl (C=O) groups excluding carboxylic acids is 2. The third-order valence-electron chi connectivity index (χ3n) is 4.42. The van der Waals surface area contributed by atoms with Crippen LogP contribution in [0.4, 0.5) is 11.4 Å². The highest BCUT2D eigenvalue weighted by Gasteiger charge is 2.36. The number of furan rings is 1. The van der Waals surface area contributed by atoms with Crippen molar-refractivity contribution in [1.29, 1.82) is 0 Å². The average molecular weight is 342 g/mol. The topological polar surface area (TPSA) is 71.8 Å². The molecule has 1 N–H and O–H groups in total. The Kier molecular flexibility index (Phi) is 4.29. The number of benzene rings is 1. The van der Waals surface area contributed by atoms with Crippen LogP contribution >= 0.6 is 0 Å². The van der Waals surface area contributed by atoms with Crippen LogP contribution in [0.25, 0.3) is 0 Å². The van der Waals surface area contributed by atoms with E-state index in [0.29, 0.717) is 29.5 Å². The molecule has 0 fully saturated rings.